The van der Waals surface area contributed by atoms with Crippen molar-refractivity contribution in [3.63, 3.8) is 0 Å². The first-order valence-electron chi connectivity index (χ1n) is 5.29. The third kappa shape index (κ3) is 3.91. The topological polar surface area (TPSA) is 58.6 Å². The molecule has 0 aliphatic rings. The van der Waals surface area contributed by atoms with Gasteiger partial charge < -0.3 is 15.2 Å². The number of halogens is 1. The van der Waals surface area contributed by atoms with Gasteiger partial charge in [0.2, 0.25) is 5.91 Å². The average Bonchev–Trinajstić information content (AvgIpc) is 2.30. The molecule has 0 heterocycles. The molecule has 0 fully saturated rings. The molecule has 0 aromatic heterocycles. The lowest BCUT2D eigenvalue weighted by Gasteiger charge is -2.10. The van der Waals surface area contributed by atoms with Gasteiger partial charge in [0.15, 0.2) is 0 Å². The van der Waals surface area contributed by atoms with Gasteiger partial charge in [0.1, 0.15) is 5.75 Å². The molecule has 5 heteroatoms. The highest BCUT2D eigenvalue weighted by molar-refractivity contribution is 6.32. The van der Waals surface area contributed by atoms with Crippen molar-refractivity contribution in [2.75, 3.05) is 20.3 Å². The zero-order chi connectivity index (χ0) is 12.8. The van der Waals surface area contributed by atoms with Crippen molar-refractivity contribution in [1.29, 1.82) is 0 Å². The van der Waals surface area contributed by atoms with Crippen LogP contribution in [0.15, 0.2) is 12.1 Å². The predicted octanol–water partition coefficient (Wildman–Crippen LogP) is 1.31. The first-order chi connectivity index (χ1) is 8.08. The highest BCUT2D eigenvalue weighted by atomic mass is 35.5. The van der Waals surface area contributed by atoms with Crippen LogP contribution in [0, 0.1) is 6.92 Å². The molecule has 1 aromatic rings. The van der Waals surface area contributed by atoms with Gasteiger partial charge in [-0.3, -0.25) is 4.79 Å². The van der Waals surface area contributed by atoms with Crippen molar-refractivity contribution in [2.24, 2.45) is 0 Å². The van der Waals surface area contributed by atoms with E-state index in [9.17, 15) is 4.79 Å². The van der Waals surface area contributed by atoms with Crippen LogP contribution in [0.5, 0.6) is 5.75 Å². The van der Waals surface area contributed by atoms with E-state index in [2.05, 4.69) is 5.32 Å². The highest BCUT2D eigenvalue weighted by Crippen LogP contribution is 2.27. The van der Waals surface area contributed by atoms with Gasteiger partial charge in [-0.25, -0.2) is 0 Å². The number of carbonyl (C=O) groups is 1. The van der Waals surface area contributed by atoms with E-state index >= 15 is 0 Å². The molecule has 0 spiro atoms. The minimum absolute atomic E-state index is 0.0614. The van der Waals surface area contributed by atoms with Crippen molar-refractivity contribution in [1.82, 2.24) is 5.32 Å². The van der Waals surface area contributed by atoms with Gasteiger partial charge in [0, 0.05) is 6.54 Å². The van der Waals surface area contributed by atoms with Crippen LogP contribution < -0.4 is 10.1 Å². The van der Waals surface area contributed by atoms with Crippen LogP contribution in [0.1, 0.15) is 11.1 Å². The minimum atomic E-state index is -0.136. The molecule has 2 N–H and O–H groups in total. The summed E-state index contributed by atoms with van der Waals surface area (Å²) in [5, 5.41) is 11.7. The average molecular weight is 258 g/mol. The Bertz CT molecular complexity index is 407. The van der Waals surface area contributed by atoms with Crippen LogP contribution >= 0.6 is 11.6 Å². The lowest BCUT2D eigenvalue weighted by molar-refractivity contribution is -0.120. The number of ether oxygens (including phenoxy) is 1. The van der Waals surface area contributed by atoms with Crippen molar-refractivity contribution >= 4 is 17.5 Å². The number of carbonyl (C=O) groups excluding carboxylic acids is 1. The minimum Gasteiger partial charge on any atom is -0.495 e. The summed E-state index contributed by atoms with van der Waals surface area (Å²) in [6.45, 7) is 2.10. The van der Waals surface area contributed by atoms with Gasteiger partial charge in [0.25, 0.3) is 0 Å². The quantitative estimate of drug-likeness (QED) is 0.836. The Labute approximate surface area is 106 Å². The van der Waals surface area contributed by atoms with E-state index in [1.165, 1.54) is 0 Å². The number of rotatable bonds is 5. The van der Waals surface area contributed by atoms with E-state index < -0.39 is 0 Å². The summed E-state index contributed by atoms with van der Waals surface area (Å²) >= 11 is 5.99. The van der Waals surface area contributed by atoms with Crippen molar-refractivity contribution in [3.05, 3.63) is 28.3 Å². The molecule has 0 bridgehead atoms. The maximum absolute atomic E-state index is 11.5. The molecule has 94 valence electrons. The zero-order valence-corrected chi connectivity index (χ0v) is 10.7. The Morgan fingerprint density at radius 1 is 1.53 bits per heavy atom. The maximum Gasteiger partial charge on any atom is 0.224 e. The summed E-state index contributed by atoms with van der Waals surface area (Å²) in [6, 6.07) is 3.53. The Hall–Kier alpha value is -1.26. The number of hydrogen-bond donors (Lipinski definition) is 2. The number of aliphatic hydroxyl groups excluding tert-OH is 1. The fraction of sp³-hybridized carbons (Fsp3) is 0.417. The number of aryl methyl sites for hydroxylation is 1. The second kappa shape index (κ2) is 6.47. The molecule has 1 amide bonds. The molecule has 1 aromatic carbocycles. The molecular weight excluding hydrogens is 242 g/mol. The standard InChI is InChI=1S/C12H16ClNO3/c1-8-5-11(17-2)10(13)6-9(8)7-12(16)14-3-4-15/h5-6,15H,3-4,7H2,1-2H3,(H,14,16). The van der Waals surface area contributed by atoms with Gasteiger partial charge in [-0.1, -0.05) is 11.6 Å². The Morgan fingerprint density at radius 3 is 2.82 bits per heavy atom. The number of aliphatic hydroxyl groups is 1. The van der Waals surface area contributed by atoms with Crippen molar-refractivity contribution < 1.29 is 14.6 Å². The fourth-order valence-corrected chi connectivity index (χ4v) is 1.74. The van der Waals surface area contributed by atoms with Gasteiger partial charge in [0.05, 0.1) is 25.2 Å². The molecule has 0 atom stereocenters. The van der Waals surface area contributed by atoms with Crippen molar-refractivity contribution in [3.8, 4) is 5.75 Å². The van der Waals surface area contributed by atoms with Crippen molar-refractivity contribution in [2.45, 2.75) is 13.3 Å². The number of nitrogens with one attached hydrogen (secondary N) is 1. The van der Waals surface area contributed by atoms with Crippen LogP contribution in [0.3, 0.4) is 0 Å². The first kappa shape index (κ1) is 13.8. The largest absolute Gasteiger partial charge is 0.495 e. The smallest absolute Gasteiger partial charge is 0.224 e. The van der Waals surface area contributed by atoms with Gasteiger partial charge in [-0.15, -0.1) is 0 Å². The van der Waals surface area contributed by atoms with E-state index in [-0.39, 0.29) is 25.5 Å². The zero-order valence-electron chi connectivity index (χ0n) is 9.92. The lowest BCUT2D eigenvalue weighted by atomic mass is 10.0. The monoisotopic (exact) mass is 257 g/mol. The number of methoxy groups -OCH3 is 1. The molecule has 0 radical (unpaired) electrons. The maximum atomic E-state index is 11.5. The van der Waals surface area contributed by atoms with Crippen LogP contribution in [0.25, 0.3) is 0 Å². The molecule has 1 rings (SSSR count). The van der Waals surface area contributed by atoms with Crippen LogP contribution in [0.4, 0.5) is 0 Å². The third-order valence-electron chi connectivity index (χ3n) is 2.40. The molecule has 17 heavy (non-hydrogen) atoms. The summed E-state index contributed by atoms with van der Waals surface area (Å²) in [6.07, 6.45) is 0.246. The van der Waals surface area contributed by atoms with Gasteiger partial charge in [-0.2, -0.15) is 0 Å². The Balaban J connectivity index is 2.78. The molecule has 0 saturated carbocycles. The summed E-state index contributed by atoms with van der Waals surface area (Å²) in [5.41, 5.74) is 1.80. The lowest BCUT2D eigenvalue weighted by Crippen LogP contribution is -2.28. The summed E-state index contributed by atoms with van der Waals surface area (Å²) in [7, 11) is 1.55. The first-order valence-corrected chi connectivity index (χ1v) is 5.67. The predicted molar refractivity (Wildman–Crippen MR) is 66.5 cm³/mol. The van der Waals surface area contributed by atoms with Gasteiger partial charge in [-0.05, 0) is 30.2 Å². The van der Waals surface area contributed by atoms with E-state index in [0.717, 1.165) is 11.1 Å². The SMILES string of the molecule is COc1cc(C)c(CC(=O)NCCO)cc1Cl. The van der Waals surface area contributed by atoms with E-state index in [4.69, 9.17) is 21.4 Å². The molecule has 4 nitrogen and oxygen atoms in total. The molecular formula is C12H16ClNO3. The highest BCUT2D eigenvalue weighted by Gasteiger charge is 2.09. The molecule has 0 saturated heterocycles. The molecule has 0 aliphatic heterocycles. The number of hydrogen-bond acceptors (Lipinski definition) is 3. The molecule has 0 aliphatic carbocycles. The Kier molecular flexibility index (Phi) is 5.25. The summed E-state index contributed by atoms with van der Waals surface area (Å²) < 4.78 is 5.09. The third-order valence-corrected chi connectivity index (χ3v) is 2.69. The second-order valence-corrected chi connectivity index (χ2v) is 4.07. The van der Waals surface area contributed by atoms with Crippen LogP contribution in [-0.4, -0.2) is 31.3 Å². The number of benzene rings is 1. The van der Waals surface area contributed by atoms with Crippen LogP contribution in [0.2, 0.25) is 5.02 Å². The normalized spacial score (nSPS) is 10.1. The van der Waals surface area contributed by atoms with Crippen LogP contribution in [-0.2, 0) is 11.2 Å². The van der Waals surface area contributed by atoms with E-state index in [1.807, 2.05) is 6.92 Å². The number of amides is 1. The van der Waals surface area contributed by atoms with E-state index in [0.29, 0.717) is 10.8 Å². The fourth-order valence-electron chi connectivity index (χ4n) is 1.47. The molecule has 0 unspecified atom stereocenters. The Morgan fingerprint density at radius 2 is 2.24 bits per heavy atom. The second-order valence-electron chi connectivity index (χ2n) is 3.66. The van der Waals surface area contributed by atoms with E-state index in [1.54, 1.807) is 19.2 Å². The summed E-state index contributed by atoms with van der Waals surface area (Å²) in [4.78, 5) is 11.5. The summed E-state index contributed by atoms with van der Waals surface area (Å²) in [5.74, 6) is 0.465. The van der Waals surface area contributed by atoms with Gasteiger partial charge >= 0.3 is 0 Å².